The van der Waals surface area contributed by atoms with E-state index in [-0.39, 0.29) is 0 Å². The third kappa shape index (κ3) is 2.09. The van der Waals surface area contributed by atoms with Crippen LogP contribution in [0.3, 0.4) is 0 Å². The number of rotatable bonds is 3. The molecule has 0 aliphatic rings. The van der Waals surface area contributed by atoms with Crippen molar-refractivity contribution in [1.29, 1.82) is 0 Å². The summed E-state index contributed by atoms with van der Waals surface area (Å²) in [7, 11) is 0. The third-order valence-corrected chi connectivity index (χ3v) is 2.38. The number of hydrogen-bond acceptors (Lipinski definition) is 7. The van der Waals surface area contributed by atoms with E-state index in [9.17, 15) is 0 Å². The smallest absolute Gasteiger partial charge is 0.248 e. The second-order valence-electron chi connectivity index (χ2n) is 3.12. The first-order valence-corrected chi connectivity index (χ1v) is 5.39. The molecule has 0 amide bonds. The Balaban J connectivity index is 1.83. The van der Waals surface area contributed by atoms with Crippen molar-refractivity contribution >= 4 is 15.9 Å². The fourth-order valence-corrected chi connectivity index (χ4v) is 1.55. The molecule has 0 atom stereocenters. The Kier molecular flexibility index (Phi) is 2.44. The lowest BCUT2D eigenvalue weighted by Gasteiger charge is -1.89. The quantitative estimate of drug-likeness (QED) is 0.714. The van der Waals surface area contributed by atoms with Crippen molar-refractivity contribution in [2.75, 3.05) is 0 Å². The lowest BCUT2D eigenvalue weighted by atomic mass is 10.4. The Bertz CT molecular complexity index is 616. The van der Waals surface area contributed by atoms with Gasteiger partial charge in [0.1, 0.15) is 12.9 Å². The second kappa shape index (κ2) is 4.09. The Hall–Kier alpha value is -2.03. The van der Waals surface area contributed by atoms with Crippen molar-refractivity contribution < 1.29 is 8.94 Å². The van der Waals surface area contributed by atoms with Crippen molar-refractivity contribution in [2.24, 2.45) is 0 Å². The zero-order valence-electron chi connectivity index (χ0n) is 8.32. The van der Waals surface area contributed by atoms with Crippen LogP contribution in [0.25, 0.3) is 11.6 Å². The fraction of sp³-hybridized carbons (Fsp3) is 0.125. The standard InChI is InChI=1S/C8H5BrN6O2/c9-6-2-1-5(16-6)8-11-7(17-12-8)3-15-4-10-13-14-15/h1-2,4H,3H2. The molecule has 17 heavy (non-hydrogen) atoms. The van der Waals surface area contributed by atoms with Gasteiger partial charge in [-0.2, -0.15) is 4.98 Å². The van der Waals surface area contributed by atoms with Crippen LogP contribution in [0.4, 0.5) is 0 Å². The monoisotopic (exact) mass is 296 g/mol. The summed E-state index contributed by atoms with van der Waals surface area (Å²) < 4.78 is 12.4. The molecule has 3 aromatic heterocycles. The molecule has 0 aliphatic heterocycles. The van der Waals surface area contributed by atoms with Gasteiger partial charge in [-0.05, 0) is 38.5 Å². The molecule has 0 unspecified atom stereocenters. The number of furan rings is 1. The Labute approximate surface area is 103 Å². The van der Waals surface area contributed by atoms with E-state index in [1.165, 1.54) is 11.0 Å². The fourth-order valence-electron chi connectivity index (χ4n) is 1.24. The summed E-state index contributed by atoms with van der Waals surface area (Å²) in [5, 5.41) is 14.5. The largest absolute Gasteiger partial charge is 0.446 e. The average molecular weight is 297 g/mol. The molecule has 0 aromatic carbocycles. The van der Waals surface area contributed by atoms with E-state index < -0.39 is 0 Å². The first-order valence-electron chi connectivity index (χ1n) is 4.60. The highest BCUT2D eigenvalue weighted by molar-refractivity contribution is 9.10. The maximum absolute atomic E-state index is 5.30. The van der Waals surface area contributed by atoms with E-state index in [2.05, 4.69) is 41.6 Å². The lowest BCUT2D eigenvalue weighted by Crippen LogP contribution is -2.00. The number of tetrazole rings is 1. The number of aromatic nitrogens is 6. The molecule has 0 saturated heterocycles. The van der Waals surface area contributed by atoms with E-state index in [4.69, 9.17) is 8.94 Å². The molecule has 0 N–H and O–H groups in total. The van der Waals surface area contributed by atoms with Crippen molar-refractivity contribution in [3.8, 4) is 11.6 Å². The molecule has 3 rings (SSSR count). The molecular weight excluding hydrogens is 292 g/mol. The van der Waals surface area contributed by atoms with Gasteiger partial charge in [-0.15, -0.1) is 5.10 Å². The van der Waals surface area contributed by atoms with Crippen molar-refractivity contribution in [3.05, 3.63) is 29.0 Å². The van der Waals surface area contributed by atoms with Crippen LogP contribution in [-0.4, -0.2) is 30.3 Å². The van der Waals surface area contributed by atoms with Crippen molar-refractivity contribution in [1.82, 2.24) is 30.3 Å². The maximum atomic E-state index is 5.30. The topological polar surface area (TPSA) is 95.7 Å². The van der Waals surface area contributed by atoms with Gasteiger partial charge in [-0.3, -0.25) is 0 Å². The molecule has 9 heteroatoms. The first-order chi connectivity index (χ1) is 8.31. The molecule has 0 aliphatic carbocycles. The average Bonchev–Trinajstić information content (AvgIpc) is 2.99. The van der Waals surface area contributed by atoms with Gasteiger partial charge in [-0.25, -0.2) is 4.68 Å². The lowest BCUT2D eigenvalue weighted by molar-refractivity contribution is 0.363. The predicted molar refractivity (Wildman–Crippen MR) is 56.6 cm³/mol. The number of hydrogen-bond donors (Lipinski definition) is 0. The molecule has 3 heterocycles. The first kappa shape index (κ1) is 10.1. The second-order valence-corrected chi connectivity index (χ2v) is 3.90. The molecule has 0 fully saturated rings. The molecule has 86 valence electrons. The van der Waals surface area contributed by atoms with Crippen molar-refractivity contribution in [2.45, 2.75) is 6.54 Å². The van der Waals surface area contributed by atoms with E-state index in [0.29, 0.717) is 28.7 Å². The summed E-state index contributed by atoms with van der Waals surface area (Å²) in [6.45, 7) is 0.321. The van der Waals surface area contributed by atoms with Gasteiger partial charge < -0.3 is 8.94 Å². The molecule has 8 nitrogen and oxygen atoms in total. The predicted octanol–water partition coefficient (Wildman–Crippen LogP) is 1.13. The summed E-state index contributed by atoms with van der Waals surface area (Å²) in [4.78, 5) is 4.16. The molecule has 0 spiro atoms. The molecule has 0 bridgehead atoms. The van der Waals surface area contributed by atoms with Crippen LogP contribution in [0.15, 0.2) is 32.1 Å². The maximum Gasteiger partial charge on any atom is 0.248 e. The highest BCUT2D eigenvalue weighted by Gasteiger charge is 2.12. The zero-order valence-corrected chi connectivity index (χ0v) is 9.90. The van der Waals surface area contributed by atoms with Crippen molar-refractivity contribution in [3.63, 3.8) is 0 Å². The van der Waals surface area contributed by atoms with Gasteiger partial charge in [0.15, 0.2) is 10.4 Å². The van der Waals surface area contributed by atoms with E-state index in [1.54, 1.807) is 12.1 Å². The summed E-state index contributed by atoms with van der Waals surface area (Å²) in [6.07, 6.45) is 1.47. The van der Waals surface area contributed by atoms with E-state index >= 15 is 0 Å². The van der Waals surface area contributed by atoms with Gasteiger partial charge >= 0.3 is 0 Å². The normalized spacial score (nSPS) is 10.9. The minimum Gasteiger partial charge on any atom is -0.446 e. The summed E-state index contributed by atoms with van der Waals surface area (Å²) in [5.41, 5.74) is 0. The zero-order chi connectivity index (χ0) is 11.7. The Morgan fingerprint density at radius 1 is 1.35 bits per heavy atom. The van der Waals surface area contributed by atoms with Crippen LogP contribution < -0.4 is 0 Å². The van der Waals surface area contributed by atoms with E-state index in [1.807, 2.05) is 0 Å². The van der Waals surface area contributed by atoms with Crippen LogP contribution in [0.5, 0.6) is 0 Å². The summed E-state index contributed by atoms with van der Waals surface area (Å²) in [5.74, 6) is 1.32. The van der Waals surface area contributed by atoms with Crippen LogP contribution in [0.1, 0.15) is 5.89 Å². The minimum atomic E-state index is 0.321. The minimum absolute atomic E-state index is 0.321. The Morgan fingerprint density at radius 2 is 2.29 bits per heavy atom. The van der Waals surface area contributed by atoms with Gasteiger partial charge in [-0.1, -0.05) is 5.16 Å². The third-order valence-electron chi connectivity index (χ3n) is 1.95. The number of nitrogens with zero attached hydrogens (tertiary/aromatic N) is 6. The molecule has 0 radical (unpaired) electrons. The summed E-state index contributed by atoms with van der Waals surface area (Å²) in [6, 6.07) is 3.50. The highest BCUT2D eigenvalue weighted by Crippen LogP contribution is 2.22. The molecule has 3 aromatic rings. The summed E-state index contributed by atoms with van der Waals surface area (Å²) >= 11 is 3.20. The van der Waals surface area contributed by atoms with Gasteiger partial charge in [0.2, 0.25) is 11.7 Å². The molecule has 0 saturated carbocycles. The molecular formula is C8H5BrN6O2. The Morgan fingerprint density at radius 3 is 3.00 bits per heavy atom. The van der Waals surface area contributed by atoms with Crippen LogP contribution in [-0.2, 0) is 6.54 Å². The van der Waals surface area contributed by atoms with Crippen LogP contribution in [0.2, 0.25) is 0 Å². The van der Waals surface area contributed by atoms with E-state index in [0.717, 1.165) is 0 Å². The SMILES string of the molecule is Brc1ccc(-c2noc(Cn3cnnn3)n2)o1. The highest BCUT2D eigenvalue weighted by atomic mass is 79.9. The van der Waals surface area contributed by atoms with Crippen LogP contribution >= 0.6 is 15.9 Å². The van der Waals surface area contributed by atoms with Crippen LogP contribution in [0, 0.1) is 0 Å². The van der Waals surface area contributed by atoms with Gasteiger partial charge in [0, 0.05) is 0 Å². The van der Waals surface area contributed by atoms with Gasteiger partial charge in [0.05, 0.1) is 0 Å². The van der Waals surface area contributed by atoms with Gasteiger partial charge in [0.25, 0.3) is 0 Å². The number of halogens is 1.